The molecule has 0 aliphatic carbocycles. The SMILES string of the molecule is S=[S-](=S)c1c(Cl)c(Cl)c(Cl)c(Cl)c1Cl. The van der Waals surface area contributed by atoms with Crippen molar-refractivity contribution >= 4 is 88.4 Å². The highest BCUT2D eigenvalue weighted by molar-refractivity contribution is 8.46. The van der Waals surface area contributed by atoms with Gasteiger partial charge in [-0.2, -0.15) is 0 Å². The van der Waals surface area contributed by atoms with Crippen LogP contribution in [0.2, 0.25) is 25.1 Å². The van der Waals surface area contributed by atoms with Crippen molar-refractivity contribution in [3.63, 3.8) is 0 Å². The van der Waals surface area contributed by atoms with E-state index in [0.717, 1.165) is 0 Å². The maximum absolute atomic E-state index is 5.88. The van der Waals surface area contributed by atoms with Crippen molar-refractivity contribution < 1.29 is 0 Å². The Morgan fingerprint density at radius 1 is 0.643 bits per heavy atom. The minimum absolute atomic E-state index is 0.113. The summed E-state index contributed by atoms with van der Waals surface area (Å²) in [6.45, 7) is 0. The Morgan fingerprint density at radius 2 is 0.929 bits per heavy atom. The quantitative estimate of drug-likeness (QED) is 0.405. The fraction of sp³-hybridized carbons (Fsp3) is 0. The van der Waals surface area contributed by atoms with Gasteiger partial charge in [-0.3, -0.25) is 22.4 Å². The Morgan fingerprint density at radius 3 is 1.21 bits per heavy atom. The van der Waals surface area contributed by atoms with Gasteiger partial charge in [0.15, 0.2) is 0 Å². The van der Waals surface area contributed by atoms with Gasteiger partial charge in [0.1, 0.15) is 0 Å². The second-order valence-corrected chi connectivity index (χ2v) is 7.53. The molecule has 0 N–H and O–H groups in total. The van der Waals surface area contributed by atoms with E-state index >= 15 is 0 Å². The summed E-state index contributed by atoms with van der Waals surface area (Å²) in [6, 6.07) is 0. The van der Waals surface area contributed by atoms with E-state index < -0.39 is 8.01 Å². The Bertz CT molecular complexity index is 428. The maximum atomic E-state index is 5.88. The fourth-order valence-electron chi connectivity index (χ4n) is 0.731. The number of rotatable bonds is 1. The molecular formula is C6Cl5S3-. The molecule has 8 heteroatoms. The Balaban J connectivity index is 3.77. The van der Waals surface area contributed by atoms with Crippen LogP contribution < -0.4 is 0 Å². The third-order valence-electron chi connectivity index (χ3n) is 1.34. The van der Waals surface area contributed by atoms with Crippen molar-refractivity contribution in [3.05, 3.63) is 25.1 Å². The highest BCUT2D eigenvalue weighted by atomic mass is 35.5. The molecule has 0 spiro atoms. The number of benzene rings is 1. The first kappa shape index (κ1) is 13.5. The van der Waals surface area contributed by atoms with Crippen molar-refractivity contribution in [2.75, 3.05) is 0 Å². The molecule has 1 aromatic carbocycles. The first-order chi connectivity index (χ1) is 6.37. The summed E-state index contributed by atoms with van der Waals surface area (Å²) in [6.07, 6.45) is 0. The van der Waals surface area contributed by atoms with E-state index in [-0.39, 0.29) is 25.1 Å². The lowest BCUT2D eigenvalue weighted by Crippen LogP contribution is -1.87. The van der Waals surface area contributed by atoms with Gasteiger partial charge in [0.2, 0.25) is 0 Å². The van der Waals surface area contributed by atoms with Crippen molar-refractivity contribution in [1.29, 1.82) is 0 Å². The van der Waals surface area contributed by atoms with Crippen LogP contribution in [0.5, 0.6) is 0 Å². The minimum atomic E-state index is -0.956. The lowest BCUT2D eigenvalue weighted by Gasteiger charge is -2.15. The zero-order valence-corrected chi connectivity index (χ0v) is 12.3. The lowest BCUT2D eigenvalue weighted by atomic mass is 10.3. The number of hydrogen-bond donors (Lipinski definition) is 0. The molecule has 0 aromatic heterocycles. The summed E-state index contributed by atoms with van der Waals surface area (Å²) < 4.78 is 0. The van der Waals surface area contributed by atoms with E-state index in [0.29, 0.717) is 4.90 Å². The highest BCUT2D eigenvalue weighted by Crippen LogP contribution is 2.44. The van der Waals surface area contributed by atoms with Crippen LogP contribution in [0.4, 0.5) is 0 Å². The second kappa shape index (κ2) is 5.19. The molecule has 0 nitrogen and oxygen atoms in total. The molecule has 0 unspecified atom stereocenters. The van der Waals surface area contributed by atoms with Crippen LogP contribution in [0.15, 0.2) is 4.90 Å². The maximum Gasteiger partial charge on any atom is 0.0807 e. The molecule has 78 valence electrons. The van der Waals surface area contributed by atoms with E-state index in [2.05, 4.69) is 0 Å². The molecule has 0 amide bonds. The predicted octanol–water partition coefficient (Wildman–Crippen LogP) is 4.85. The largest absolute Gasteiger partial charge is 0.317 e. The predicted molar refractivity (Wildman–Crippen MR) is 71.9 cm³/mol. The van der Waals surface area contributed by atoms with Gasteiger partial charge >= 0.3 is 0 Å². The van der Waals surface area contributed by atoms with Gasteiger partial charge in [-0.15, -0.1) is 0 Å². The zero-order valence-electron chi connectivity index (χ0n) is 6.11. The van der Waals surface area contributed by atoms with Crippen molar-refractivity contribution in [1.82, 2.24) is 0 Å². The second-order valence-electron chi connectivity index (χ2n) is 2.13. The van der Waals surface area contributed by atoms with Crippen LogP contribution in [0, 0.1) is 0 Å². The molecular weight excluding hydrogens is 346 g/mol. The minimum Gasteiger partial charge on any atom is -0.317 e. The smallest absolute Gasteiger partial charge is 0.0807 e. The van der Waals surface area contributed by atoms with E-state index in [4.69, 9.17) is 80.4 Å². The zero-order chi connectivity index (χ0) is 11.0. The molecule has 1 rings (SSSR count). The molecule has 0 aliphatic rings. The van der Waals surface area contributed by atoms with Crippen molar-refractivity contribution in [3.8, 4) is 0 Å². The van der Waals surface area contributed by atoms with Gasteiger partial charge < -0.3 is 8.01 Å². The summed E-state index contributed by atoms with van der Waals surface area (Å²) >= 11 is 38.9. The summed E-state index contributed by atoms with van der Waals surface area (Å²) in [5.41, 5.74) is 0. The van der Waals surface area contributed by atoms with Gasteiger partial charge in [0, 0.05) is 10.0 Å². The monoisotopic (exact) mass is 343 g/mol. The highest BCUT2D eigenvalue weighted by Gasteiger charge is 2.14. The number of halogens is 5. The standard InChI is InChI=1S/C6Cl5S3/c7-1-2(8)4(10)6(14(12)13)5(11)3(1)9/q-1. The summed E-state index contributed by atoms with van der Waals surface area (Å²) in [5, 5.41) is 0.733. The molecule has 0 aliphatic heterocycles. The molecule has 0 saturated carbocycles. The van der Waals surface area contributed by atoms with E-state index in [9.17, 15) is 0 Å². The van der Waals surface area contributed by atoms with Crippen LogP contribution in [0.1, 0.15) is 0 Å². The summed E-state index contributed by atoms with van der Waals surface area (Å²) in [4.78, 5) is 0.387. The third-order valence-corrected chi connectivity index (χ3v) is 5.58. The molecule has 0 fully saturated rings. The molecule has 14 heavy (non-hydrogen) atoms. The first-order valence-electron chi connectivity index (χ1n) is 2.98. The Labute approximate surface area is 117 Å². The van der Waals surface area contributed by atoms with E-state index in [1.807, 2.05) is 0 Å². The first-order valence-corrected chi connectivity index (χ1v) is 7.95. The molecule has 0 atom stereocenters. The van der Waals surface area contributed by atoms with Gasteiger partial charge in [0.05, 0.1) is 15.1 Å². The molecule has 1 aromatic rings. The average molecular weight is 346 g/mol. The molecule has 0 bridgehead atoms. The topological polar surface area (TPSA) is 0 Å². The summed E-state index contributed by atoms with van der Waals surface area (Å²) in [5.74, 6) is 0. The van der Waals surface area contributed by atoms with Crippen molar-refractivity contribution in [2.45, 2.75) is 4.90 Å². The lowest BCUT2D eigenvalue weighted by molar-refractivity contribution is 1.47. The van der Waals surface area contributed by atoms with Gasteiger partial charge in [-0.25, -0.2) is 0 Å². The number of hydrogen-bond acceptors (Lipinski definition) is 3. The van der Waals surface area contributed by atoms with Gasteiger partial charge in [-0.1, -0.05) is 62.9 Å². The van der Waals surface area contributed by atoms with E-state index in [1.54, 1.807) is 0 Å². The van der Waals surface area contributed by atoms with Crippen LogP contribution in [-0.2, 0) is 30.4 Å². The molecule has 0 heterocycles. The Hall–Kier alpha value is 1.46. The van der Waals surface area contributed by atoms with Gasteiger partial charge in [-0.05, 0) is 0 Å². The van der Waals surface area contributed by atoms with Crippen LogP contribution in [-0.4, -0.2) is 0 Å². The van der Waals surface area contributed by atoms with Crippen LogP contribution in [0.25, 0.3) is 0 Å². The Kier molecular flexibility index (Phi) is 5.02. The normalized spacial score (nSPS) is 11.0. The third kappa shape index (κ3) is 2.41. The van der Waals surface area contributed by atoms with Gasteiger partial charge in [0.25, 0.3) is 0 Å². The van der Waals surface area contributed by atoms with E-state index in [1.165, 1.54) is 0 Å². The fourth-order valence-corrected chi connectivity index (χ4v) is 4.49. The van der Waals surface area contributed by atoms with Crippen molar-refractivity contribution in [2.24, 2.45) is 0 Å². The van der Waals surface area contributed by atoms with Crippen LogP contribution >= 0.6 is 58.0 Å². The molecule has 0 radical (unpaired) electrons. The summed E-state index contributed by atoms with van der Waals surface area (Å²) in [7, 11) is -0.956. The van der Waals surface area contributed by atoms with Crippen LogP contribution in [0.3, 0.4) is 0 Å². The molecule has 0 saturated heterocycles. The average Bonchev–Trinajstić information content (AvgIpc) is 2.11.